The summed E-state index contributed by atoms with van der Waals surface area (Å²) >= 11 is 0. The van der Waals surface area contributed by atoms with E-state index in [4.69, 9.17) is 9.47 Å². The van der Waals surface area contributed by atoms with Crippen molar-refractivity contribution in [2.24, 2.45) is 4.99 Å². The fourth-order valence-electron chi connectivity index (χ4n) is 3.07. The number of aryl methyl sites for hydroxylation is 1. The van der Waals surface area contributed by atoms with Gasteiger partial charge >= 0.3 is 0 Å². The van der Waals surface area contributed by atoms with E-state index < -0.39 is 4.92 Å². The molecule has 0 spiro atoms. The van der Waals surface area contributed by atoms with Gasteiger partial charge in [0.25, 0.3) is 5.69 Å². The molecule has 1 aliphatic rings. The van der Waals surface area contributed by atoms with Gasteiger partial charge in [0.15, 0.2) is 5.96 Å². The van der Waals surface area contributed by atoms with Crippen molar-refractivity contribution in [3.8, 4) is 5.75 Å². The Morgan fingerprint density at radius 1 is 1.28 bits per heavy atom. The topological polar surface area (TPSA) is 98.0 Å². The van der Waals surface area contributed by atoms with E-state index in [1.165, 1.54) is 6.07 Å². The Morgan fingerprint density at radius 3 is 2.83 bits per heavy atom. The number of nitro groups is 1. The molecule has 1 aliphatic heterocycles. The molecule has 0 radical (unpaired) electrons. The van der Waals surface area contributed by atoms with Crippen LogP contribution in [0.1, 0.15) is 23.1 Å². The zero-order valence-electron chi connectivity index (χ0n) is 16.7. The van der Waals surface area contributed by atoms with E-state index in [1.807, 2.05) is 31.2 Å². The predicted molar refractivity (Wildman–Crippen MR) is 111 cm³/mol. The Hall–Kier alpha value is -3.13. The van der Waals surface area contributed by atoms with Crippen LogP contribution < -0.4 is 15.4 Å². The van der Waals surface area contributed by atoms with E-state index in [0.717, 1.165) is 35.5 Å². The van der Waals surface area contributed by atoms with E-state index in [9.17, 15) is 10.1 Å². The SMILES string of the molecule is CN=C(NCc1cccc([N+](=O)[O-])c1)NCc1ccc(C)cc1OC1CCOC1. The Labute approximate surface area is 170 Å². The lowest BCUT2D eigenvalue weighted by Gasteiger charge is -2.18. The summed E-state index contributed by atoms with van der Waals surface area (Å²) in [7, 11) is 1.69. The zero-order chi connectivity index (χ0) is 20.6. The quantitative estimate of drug-likeness (QED) is 0.322. The molecule has 0 aromatic heterocycles. The van der Waals surface area contributed by atoms with Gasteiger partial charge in [-0.2, -0.15) is 0 Å². The van der Waals surface area contributed by atoms with E-state index >= 15 is 0 Å². The van der Waals surface area contributed by atoms with Gasteiger partial charge in [0.2, 0.25) is 0 Å². The fourth-order valence-corrected chi connectivity index (χ4v) is 3.07. The van der Waals surface area contributed by atoms with Gasteiger partial charge in [-0.3, -0.25) is 15.1 Å². The lowest BCUT2D eigenvalue weighted by atomic mass is 10.1. The Bertz CT molecular complexity index is 879. The zero-order valence-corrected chi connectivity index (χ0v) is 16.7. The average Bonchev–Trinajstić information content (AvgIpc) is 3.22. The summed E-state index contributed by atoms with van der Waals surface area (Å²) < 4.78 is 11.5. The molecule has 29 heavy (non-hydrogen) atoms. The summed E-state index contributed by atoms with van der Waals surface area (Å²) in [6.45, 7) is 4.36. The van der Waals surface area contributed by atoms with Crippen LogP contribution in [0.3, 0.4) is 0 Å². The third-order valence-corrected chi connectivity index (χ3v) is 4.66. The number of nitrogens with zero attached hydrogens (tertiary/aromatic N) is 2. The molecule has 154 valence electrons. The fraction of sp³-hybridized carbons (Fsp3) is 0.381. The summed E-state index contributed by atoms with van der Waals surface area (Å²) in [6.07, 6.45) is 0.981. The van der Waals surface area contributed by atoms with Gasteiger partial charge in [0.1, 0.15) is 11.9 Å². The predicted octanol–water partition coefficient (Wildman–Crippen LogP) is 2.94. The highest BCUT2D eigenvalue weighted by Gasteiger charge is 2.18. The molecule has 0 amide bonds. The van der Waals surface area contributed by atoms with Crippen LogP contribution in [0.15, 0.2) is 47.5 Å². The van der Waals surface area contributed by atoms with Crippen LogP contribution in [0.5, 0.6) is 5.75 Å². The van der Waals surface area contributed by atoms with Gasteiger partial charge in [0, 0.05) is 44.3 Å². The van der Waals surface area contributed by atoms with Gasteiger partial charge in [-0.05, 0) is 24.1 Å². The number of aliphatic imine (C=N–C) groups is 1. The van der Waals surface area contributed by atoms with Crippen molar-refractivity contribution in [2.45, 2.75) is 32.5 Å². The summed E-state index contributed by atoms with van der Waals surface area (Å²) in [4.78, 5) is 14.7. The maximum atomic E-state index is 10.9. The van der Waals surface area contributed by atoms with Crippen molar-refractivity contribution >= 4 is 11.6 Å². The molecule has 1 unspecified atom stereocenters. The normalized spacial score (nSPS) is 16.5. The van der Waals surface area contributed by atoms with Crippen LogP contribution in [-0.4, -0.2) is 37.2 Å². The molecule has 1 atom stereocenters. The number of guanidine groups is 1. The summed E-state index contributed by atoms with van der Waals surface area (Å²) in [5, 5.41) is 17.4. The molecule has 2 aromatic carbocycles. The number of benzene rings is 2. The maximum absolute atomic E-state index is 10.9. The summed E-state index contributed by atoms with van der Waals surface area (Å²) in [5.41, 5.74) is 3.05. The number of nitro benzene ring substituents is 1. The largest absolute Gasteiger partial charge is 0.488 e. The first-order chi connectivity index (χ1) is 14.0. The van der Waals surface area contributed by atoms with Crippen molar-refractivity contribution in [3.63, 3.8) is 0 Å². The first-order valence-corrected chi connectivity index (χ1v) is 9.57. The first kappa shape index (κ1) is 20.6. The van der Waals surface area contributed by atoms with Crippen molar-refractivity contribution in [2.75, 3.05) is 20.3 Å². The molecule has 8 nitrogen and oxygen atoms in total. The Morgan fingerprint density at radius 2 is 2.10 bits per heavy atom. The molecule has 0 saturated carbocycles. The molecule has 2 N–H and O–H groups in total. The number of rotatable bonds is 7. The minimum Gasteiger partial charge on any atom is -0.488 e. The molecule has 3 rings (SSSR count). The standard InChI is InChI=1S/C21H26N4O4/c1-15-6-7-17(20(10-15)29-19-8-9-28-14-19)13-24-21(22-2)23-12-16-4-3-5-18(11-16)25(26)27/h3-7,10-11,19H,8-9,12-14H2,1-2H3,(H2,22,23,24). The third-order valence-electron chi connectivity index (χ3n) is 4.66. The van der Waals surface area contributed by atoms with E-state index in [-0.39, 0.29) is 11.8 Å². The highest BCUT2D eigenvalue weighted by Crippen LogP contribution is 2.23. The van der Waals surface area contributed by atoms with Gasteiger partial charge in [-0.15, -0.1) is 0 Å². The molecule has 1 saturated heterocycles. The smallest absolute Gasteiger partial charge is 0.269 e. The molecule has 8 heteroatoms. The van der Waals surface area contributed by atoms with Crippen LogP contribution >= 0.6 is 0 Å². The van der Waals surface area contributed by atoms with Crippen LogP contribution in [0.2, 0.25) is 0 Å². The van der Waals surface area contributed by atoms with Crippen LogP contribution in [0.25, 0.3) is 0 Å². The van der Waals surface area contributed by atoms with Gasteiger partial charge in [0.05, 0.1) is 18.1 Å². The average molecular weight is 398 g/mol. The second kappa shape index (κ2) is 9.88. The molecule has 1 fully saturated rings. The van der Waals surface area contributed by atoms with Crippen molar-refractivity contribution < 1.29 is 14.4 Å². The van der Waals surface area contributed by atoms with Crippen molar-refractivity contribution in [3.05, 3.63) is 69.3 Å². The Balaban J connectivity index is 1.59. The first-order valence-electron chi connectivity index (χ1n) is 9.57. The van der Waals surface area contributed by atoms with E-state index in [1.54, 1.807) is 19.2 Å². The van der Waals surface area contributed by atoms with Gasteiger partial charge in [-0.25, -0.2) is 0 Å². The van der Waals surface area contributed by atoms with Gasteiger partial charge in [-0.1, -0.05) is 24.3 Å². The second-order valence-corrected chi connectivity index (χ2v) is 6.92. The molecular weight excluding hydrogens is 372 g/mol. The highest BCUT2D eigenvalue weighted by molar-refractivity contribution is 5.79. The molecule has 2 aromatic rings. The minimum atomic E-state index is -0.398. The third kappa shape index (κ3) is 5.92. The van der Waals surface area contributed by atoms with Crippen LogP contribution in [-0.2, 0) is 17.8 Å². The van der Waals surface area contributed by atoms with Crippen molar-refractivity contribution in [1.82, 2.24) is 10.6 Å². The Kier molecular flexibility index (Phi) is 7.02. The number of ether oxygens (including phenoxy) is 2. The number of non-ortho nitro benzene ring substituents is 1. The lowest BCUT2D eigenvalue weighted by molar-refractivity contribution is -0.384. The molecule has 1 heterocycles. The van der Waals surface area contributed by atoms with Crippen LogP contribution in [0.4, 0.5) is 5.69 Å². The van der Waals surface area contributed by atoms with E-state index in [2.05, 4.69) is 15.6 Å². The number of hydrogen-bond acceptors (Lipinski definition) is 5. The van der Waals surface area contributed by atoms with Crippen molar-refractivity contribution in [1.29, 1.82) is 0 Å². The number of nitrogens with one attached hydrogen (secondary N) is 2. The van der Waals surface area contributed by atoms with Gasteiger partial charge < -0.3 is 20.1 Å². The summed E-state index contributed by atoms with van der Waals surface area (Å²) in [5.74, 6) is 1.45. The molecular formula is C21H26N4O4. The van der Waals surface area contributed by atoms with E-state index in [0.29, 0.717) is 25.7 Å². The monoisotopic (exact) mass is 398 g/mol. The molecule has 0 aliphatic carbocycles. The minimum absolute atomic E-state index is 0.0737. The summed E-state index contributed by atoms with van der Waals surface area (Å²) in [6, 6.07) is 12.7. The lowest BCUT2D eigenvalue weighted by Crippen LogP contribution is -2.36. The maximum Gasteiger partial charge on any atom is 0.269 e. The molecule has 0 bridgehead atoms. The number of hydrogen-bond donors (Lipinski definition) is 2. The second-order valence-electron chi connectivity index (χ2n) is 6.92. The van der Waals surface area contributed by atoms with Crippen LogP contribution in [0, 0.1) is 17.0 Å². The highest BCUT2D eigenvalue weighted by atomic mass is 16.6.